The van der Waals surface area contributed by atoms with Gasteiger partial charge >= 0.3 is 0 Å². The first-order chi connectivity index (χ1) is 19.6. The summed E-state index contributed by atoms with van der Waals surface area (Å²) in [5.74, 6) is -1.62. The molecule has 4 aliphatic heterocycles. The summed E-state index contributed by atoms with van der Waals surface area (Å²) in [5.41, 5.74) is 1.04. The summed E-state index contributed by atoms with van der Waals surface area (Å²) in [5, 5.41) is 10.6. The second-order valence-corrected chi connectivity index (χ2v) is 14.3. The molecule has 0 aromatic heterocycles. The Morgan fingerprint density at radius 1 is 0.976 bits per heavy atom. The molecule has 1 aromatic rings. The maximum atomic E-state index is 14.8. The predicted octanol–water partition coefficient (Wildman–Crippen LogP) is 4.27. The van der Waals surface area contributed by atoms with Crippen molar-refractivity contribution in [3.63, 3.8) is 0 Å². The van der Waals surface area contributed by atoms with Crippen molar-refractivity contribution in [2.45, 2.75) is 88.0 Å². The third-order valence-corrected chi connectivity index (χ3v) is 11.7. The summed E-state index contributed by atoms with van der Waals surface area (Å²) in [7, 11) is 0. The first-order valence-electron chi connectivity index (χ1n) is 15.2. The molecule has 0 saturated carbocycles. The number of hydrogen-bond acceptors (Lipinski definition) is 5. The number of carbonyl (C=O) groups is 3. The van der Waals surface area contributed by atoms with E-state index >= 15 is 0 Å². The van der Waals surface area contributed by atoms with E-state index in [4.69, 9.17) is 0 Å². The summed E-state index contributed by atoms with van der Waals surface area (Å²) in [6, 6.07) is 8.68. The maximum Gasteiger partial charge on any atom is 0.247 e. The largest absolute Gasteiger partial charge is 0.394 e. The molecular formula is C33H45N3O4S. The summed E-state index contributed by atoms with van der Waals surface area (Å²) >= 11 is 1.61. The van der Waals surface area contributed by atoms with E-state index in [1.54, 1.807) is 16.7 Å². The molecule has 2 saturated heterocycles. The Morgan fingerprint density at radius 3 is 2.34 bits per heavy atom. The van der Waals surface area contributed by atoms with E-state index in [9.17, 15) is 19.5 Å². The average Bonchev–Trinajstić information content (AvgIpc) is 3.23. The Balaban J connectivity index is 1.62. The van der Waals surface area contributed by atoms with E-state index in [2.05, 4.69) is 39.0 Å². The molecule has 4 aliphatic rings. The lowest BCUT2D eigenvalue weighted by molar-refractivity contribution is -0.149. The Labute approximate surface area is 249 Å². The SMILES string of the molecule is CCCC(C)N1CC=C[C@]23S[C@]4(C)C=CCN(Cc5ccccc5)C(=O)[C@@H]4[C@H]2C(=O)N([C@@H](CO)[C@@H](C)CC)C3C1=O. The molecule has 1 N–H and O–H groups in total. The number of carbonyl (C=O) groups excluding carboxylic acids is 3. The zero-order valence-electron chi connectivity index (χ0n) is 25.0. The van der Waals surface area contributed by atoms with E-state index < -0.39 is 33.4 Å². The molecule has 3 amide bonds. The molecule has 8 atom stereocenters. The zero-order valence-corrected chi connectivity index (χ0v) is 25.8. The minimum atomic E-state index is -0.898. The van der Waals surface area contributed by atoms with Crippen LogP contribution >= 0.6 is 11.8 Å². The minimum absolute atomic E-state index is 0.00271. The molecule has 0 bridgehead atoms. The monoisotopic (exact) mass is 579 g/mol. The number of nitrogens with zero attached hydrogens (tertiary/aromatic N) is 3. The first-order valence-corrected chi connectivity index (χ1v) is 16.1. The number of benzene rings is 1. The quantitative estimate of drug-likeness (QED) is 0.442. The van der Waals surface area contributed by atoms with E-state index in [1.807, 2.05) is 60.1 Å². The van der Waals surface area contributed by atoms with Gasteiger partial charge in [0.2, 0.25) is 17.7 Å². The number of likely N-dealkylation sites (tertiary alicyclic amines) is 1. The summed E-state index contributed by atoms with van der Waals surface area (Å²) in [6.45, 7) is 11.5. The van der Waals surface area contributed by atoms with Crippen molar-refractivity contribution in [2.24, 2.45) is 17.8 Å². The topological polar surface area (TPSA) is 81.2 Å². The van der Waals surface area contributed by atoms with Crippen LogP contribution < -0.4 is 0 Å². The van der Waals surface area contributed by atoms with Crippen LogP contribution in [0, 0.1) is 17.8 Å². The van der Waals surface area contributed by atoms with Gasteiger partial charge in [0.25, 0.3) is 0 Å². The fourth-order valence-corrected chi connectivity index (χ4v) is 9.76. The highest BCUT2D eigenvalue weighted by molar-refractivity contribution is 8.02. The number of amides is 3. The Bertz CT molecular complexity index is 1220. The van der Waals surface area contributed by atoms with E-state index in [0.29, 0.717) is 19.6 Å². The molecule has 2 fully saturated rings. The van der Waals surface area contributed by atoms with Gasteiger partial charge in [-0.2, -0.15) is 0 Å². The van der Waals surface area contributed by atoms with Crippen LogP contribution in [-0.4, -0.2) is 84.8 Å². The fraction of sp³-hybridized carbons (Fsp3) is 0.606. The van der Waals surface area contributed by atoms with Crippen LogP contribution in [0.25, 0.3) is 0 Å². The van der Waals surface area contributed by atoms with Crippen molar-refractivity contribution >= 4 is 29.5 Å². The van der Waals surface area contributed by atoms with Crippen LogP contribution in [0.2, 0.25) is 0 Å². The van der Waals surface area contributed by atoms with E-state index in [1.165, 1.54) is 0 Å². The van der Waals surface area contributed by atoms with Crippen molar-refractivity contribution in [3.8, 4) is 0 Å². The molecule has 222 valence electrons. The van der Waals surface area contributed by atoms with Gasteiger partial charge in [-0.25, -0.2) is 0 Å². The molecule has 41 heavy (non-hydrogen) atoms. The van der Waals surface area contributed by atoms with Gasteiger partial charge < -0.3 is 19.8 Å². The van der Waals surface area contributed by atoms with Crippen LogP contribution in [0.1, 0.15) is 59.4 Å². The number of fused-ring (bicyclic) bond motifs is 2. The fourth-order valence-electron chi connectivity index (χ4n) is 7.62. The second-order valence-electron chi connectivity index (χ2n) is 12.5. The van der Waals surface area contributed by atoms with E-state index in [0.717, 1.165) is 24.8 Å². The molecule has 4 heterocycles. The maximum absolute atomic E-state index is 14.8. The molecule has 0 radical (unpaired) electrons. The molecule has 1 aromatic carbocycles. The molecule has 0 aliphatic carbocycles. The number of aliphatic hydroxyl groups is 1. The molecule has 2 unspecified atom stereocenters. The van der Waals surface area contributed by atoms with Crippen LogP contribution in [0.4, 0.5) is 0 Å². The highest BCUT2D eigenvalue weighted by atomic mass is 32.2. The zero-order chi connectivity index (χ0) is 29.5. The van der Waals surface area contributed by atoms with Gasteiger partial charge in [0, 0.05) is 30.4 Å². The lowest BCUT2D eigenvalue weighted by Gasteiger charge is -2.42. The van der Waals surface area contributed by atoms with Crippen molar-refractivity contribution in [1.29, 1.82) is 0 Å². The smallest absolute Gasteiger partial charge is 0.247 e. The van der Waals surface area contributed by atoms with Crippen molar-refractivity contribution in [2.75, 3.05) is 19.7 Å². The standard InChI is InChI=1S/C33H45N3O4S/c1-6-13-23(4)35-19-12-17-33-27(30(39)36(28(33)31(35)40)25(21-37)22(3)7-2)26-29(38)34(18-11-16-32(26,5)41-33)20-24-14-9-8-10-15-24/h8-12,14-17,22-23,25-28,37H,6-7,13,18-21H2,1-5H3/t22-,23?,25-,26-,27-,28?,32+,33-/m0/s1. The molecule has 8 heteroatoms. The van der Waals surface area contributed by atoms with Crippen molar-refractivity contribution in [3.05, 3.63) is 60.2 Å². The Hall–Kier alpha value is -2.58. The highest BCUT2D eigenvalue weighted by Crippen LogP contribution is 2.66. The molecule has 7 nitrogen and oxygen atoms in total. The summed E-state index contributed by atoms with van der Waals surface area (Å²) < 4.78 is -1.54. The Morgan fingerprint density at radius 2 is 1.68 bits per heavy atom. The van der Waals surface area contributed by atoms with Gasteiger partial charge in [0.05, 0.1) is 29.2 Å². The van der Waals surface area contributed by atoms with Gasteiger partial charge in [-0.15, -0.1) is 11.8 Å². The van der Waals surface area contributed by atoms with Crippen LogP contribution in [0.3, 0.4) is 0 Å². The first kappa shape index (κ1) is 29.9. The number of aliphatic hydroxyl groups excluding tert-OH is 1. The van der Waals surface area contributed by atoms with Crippen molar-refractivity contribution in [1.82, 2.24) is 14.7 Å². The van der Waals surface area contributed by atoms with Crippen LogP contribution in [-0.2, 0) is 20.9 Å². The third-order valence-electron chi connectivity index (χ3n) is 9.91. The predicted molar refractivity (Wildman–Crippen MR) is 163 cm³/mol. The van der Waals surface area contributed by atoms with Gasteiger partial charge in [0.15, 0.2) is 0 Å². The second kappa shape index (κ2) is 11.6. The highest BCUT2D eigenvalue weighted by Gasteiger charge is 2.74. The van der Waals surface area contributed by atoms with Gasteiger partial charge in [-0.1, -0.05) is 88.2 Å². The van der Waals surface area contributed by atoms with Gasteiger partial charge in [-0.05, 0) is 31.7 Å². The van der Waals surface area contributed by atoms with Crippen LogP contribution in [0.5, 0.6) is 0 Å². The minimum Gasteiger partial charge on any atom is -0.394 e. The average molecular weight is 580 g/mol. The lowest BCUT2D eigenvalue weighted by Crippen LogP contribution is -2.59. The summed E-state index contributed by atoms with van der Waals surface area (Å²) in [6.07, 6.45) is 10.9. The lowest BCUT2D eigenvalue weighted by atomic mass is 9.74. The van der Waals surface area contributed by atoms with Gasteiger partial charge in [0.1, 0.15) is 6.04 Å². The number of hydrogen-bond donors (Lipinski definition) is 1. The third kappa shape index (κ3) is 4.85. The van der Waals surface area contributed by atoms with Crippen molar-refractivity contribution < 1.29 is 19.5 Å². The number of thioether (sulfide) groups is 1. The molecule has 1 spiro atoms. The normalized spacial score (nSPS) is 33.3. The van der Waals surface area contributed by atoms with E-state index in [-0.39, 0.29) is 36.3 Å². The Kier molecular flexibility index (Phi) is 8.46. The van der Waals surface area contributed by atoms with Crippen LogP contribution in [0.15, 0.2) is 54.6 Å². The number of rotatable bonds is 9. The molecule has 5 rings (SSSR count). The van der Waals surface area contributed by atoms with Gasteiger partial charge in [-0.3, -0.25) is 14.4 Å². The summed E-state index contributed by atoms with van der Waals surface area (Å²) in [4.78, 5) is 49.3. The molecular weight excluding hydrogens is 534 g/mol.